The minimum Gasteiger partial charge on any atom is -0.370 e. The first-order valence-electron chi connectivity index (χ1n) is 7.91. The first-order chi connectivity index (χ1) is 9.95. The SMILES string of the molecule is CN1CCN([C@H]2CCN(c3ccc(F)cc3)C2)CC1(C)C. The normalized spacial score (nSPS) is 27.2. The summed E-state index contributed by atoms with van der Waals surface area (Å²) in [5.41, 5.74) is 1.40. The van der Waals surface area contributed by atoms with Gasteiger partial charge >= 0.3 is 0 Å². The van der Waals surface area contributed by atoms with Gasteiger partial charge in [0.2, 0.25) is 0 Å². The summed E-state index contributed by atoms with van der Waals surface area (Å²) in [6.07, 6.45) is 1.21. The Morgan fingerprint density at radius 3 is 2.48 bits per heavy atom. The molecule has 2 fully saturated rings. The lowest BCUT2D eigenvalue weighted by Crippen LogP contribution is -2.60. The van der Waals surface area contributed by atoms with Crippen molar-refractivity contribution in [2.24, 2.45) is 0 Å². The van der Waals surface area contributed by atoms with Crippen molar-refractivity contribution < 1.29 is 4.39 Å². The molecule has 2 aliphatic rings. The quantitative estimate of drug-likeness (QED) is 0.828. The van der Waals surface area contributed by atoms with Crippen LogP contribution in [0, 0.1) is 5.82 Å². The van der Waals surface area contributed by atoms with Gasteiger partial charge in [0.05, 0.1) is 0 Å². The molecule has 116 valence electrons. The van der Waals surface area contributed by atoms with Gasteiger partial charge in [0.1, 0.15) is 5.82 Å². The van der Waals surface area contributed by atoms with Gasteiger partial charge in [-0.3, -0.25) is 9.80 Å². The molecule has 2 saturated heterocycles. The summed E-state index contributed by atoms with van der Waals surface area (Å²) >= 11 is 0. The molecule has 0 spiro atoms. The summed E-state index contributed by atoms with van der Waals surface area (Å²) in [7, 11) is 2.22. The topological polar surface area (TPSA) is 9.72 Å². The summed E-state index contributed by atoms with van der Waals surface area (Å²) < 4.78 is 13.0. The molecule has 4 heteroatoms. The lowest BCUT2D eigenvalue weighted by molar-refractivity contribution is 0.0213. The maximum Gasteiger partial charge on any atom is 0.123 e. The molecule has 0 saturated carbocycles. The number of rotatable bonds is 2. The monoisotopic (exact) mass is 291 g/mol. The van der Waals surface area contributed by atoms with E-state index in [1.54, 1.807) is 12.1 Å². The average molecular weight is 291 g/mol. The Morgan fingerprint density at radius 1 is 1.10 bits per heavy atom. The van der Waals surface area contributed by atoms with E-state index in [2.05, 4.69) is 35.6 Å². The number of anilines is 1. The Labute approximate surface area is 127 Å². The van der Waals surface area contributed by atoms with Gasteiger partial charge in [-0.1, -0.05) is 0 Å². The highest BCUT2D eigenvalue weighted by atomic mass is 19.1. The van der Waals surface area contributed by atoms with E-state index >= 15 is 0 Å². The molecule has 2 aliphatic heterocycles. The minimum atomic E-state index is -0.157. The molecule has 0 aliphatic carbocycles. The van der Waals surface area contributed by atoms with Crippen LogP contribution < -0.4 is 4.90 Å². The summed E-state index contributed by atoms with van der Waals surface area (Å²) in [5, 5.41) is 0. The third kappa shape index (κ3) is 3.06. The Morgan fingerprint density at radius 2 is 1.81 bits per heavy atom. The van der Waals surface area contributed by atoms with Crippen molar-refractivity contribution >= 4 is 5.69 Å². The van der Waals surface area contributed by atoms with E-state index in [0.717, 1.165) is 38.4 Å². The highest BCUT2D eigenvalue weighted by Gasteiger charge is 2.36. The lowest BCUT2D eigenvalue weighted by Gasteiger charge is -2.47. The van der Waals surface area contributed by atoms with E-state index < -0.39 is 0 Å². The minimum absolute atomic E-state index is 0.157. The predicted molar refractivity (Wildman–Crippen MR) is 85.3 cm³/mol. The van der Waals surface area contributed by atoms with E-state index in [4.69, 9.17) is 0 Å². The number of piperazine rings is 1. The van der Waals surface area contributed by atoms with Gasteiger partial charge in [0.15, 0.2) is 0 Å². The van der Waals surface area contributed by atoms with Crippen molar-refractivity contribution in [2.75, 3.05) is 44.7 Å². The third-order valence-electron chi connectivity index (χ3n) is 5.22. The molecule has 0 aromatic heterocycles. The van der Waals surface area contributed by atoms with E-state index in [0.29, 0.717) is 6.04 Å². The Hall–Kier alpha value is -1.13. The summed E-state index contributed by atoms with van der Waals surface area (Å²) in [5.74, 6) is -0.157. The molecule has 3 rings (SSSR count). The lowest BCUT2D eigenvalue weighted by atomic mass is 9.98. The highest BCUT2D eigenvalue weighted by Crippen LogP contribution is 2.27. The zero-order valence-electron chi connectivity index (χ0n) is 13.3. The second-order valence-electron chi connectivity index (χ2n) is 7.07. The molecule has 0 N–H and O–H groups in total. The number of hydrogen-bond donors (Lipinski definition) is 0. The fourth-order valence-corrected chi connectivity index (χ4v) is 3.52. The Kier molecular flexibility index (Phi) is 3.93. The number of hydrogen-bond acceptors (Lipinski definition) is 3. The number of halogens is 1. The van der Waals surface area contributed by atoms with Crippen molar-refractivity contribution in [3.63, 3.8) is 0 Å². The van der Waals surface area contributed by atoms with Crippen molar-refractivity contribution in [3.8, 4) is 0 Å². The van der Waals surface area contributed by atoms with Crippen LogP contribution in [0.25, 0.3) is 0 Å². The van der Waals surface area contributed by atoms with Gasteiger partial charge in [-0.15, -0.1) is 0 Å². The molecule has 1 atom stereocenters. The number of likely N-dealkylation sites (N-methyl/N-ethyl adjacent to an activating group) is 1. The fourth-order valence-electron chi connectivity index (χ4n) is 3.52. The standard InChI is InChI=1S/C17H26FN3/c1-17(2)13-21(11-10-19(17)3)16-8-9-20(12-16)15-6-4-14(18)5-7-15/h4-7,16H,8-13H2,1-3H3/t16-/m0/s1. The first-order valence-corrected chi connectivity index (χ1v) is 7.91. The molecule has 0 unspecified atom stereocenters. The van der Waals surface area contributed by atoms with E-state index in [1.165, 1.54) is 6.42 Å². The largest absolute Gasteiger partial charge is 0.370 e. The molecule has 0 amide bonds. The molecular weight excluding hydrogens is 265 g/mol. The van der Waals surface area contributed by atoms with Crippen LogP contribution in [0.5, 0.6) is 0 Å². The van der Waals surface area contributed by atoms with E-state index in [9.17, 15) is 4.39 Å². The van der Waals surface area contributed by atoms with Crippen LogP contribution in [0.15, 0.2) is 24.3 Å². The maximum absolute atomic E-state index is 13.0. The zero-order chi connectivity index (χ0) is 15.0. The summed E-state index contributed by atoms with van der Waals surface area (Å²) in [4.78, 5) is 7.48. The molecule has 1 aromatic carbocycles. The van der Waals surface area contributed by atoms with Crippen molar-refractivity contribution in [1.29, 1.82) is 0 Å². The molecule has 0 radical (unpaired) electrons. The summed E-state index contributed by atoms with van der Waals surface area (Å²) in [6, 6.07) is 7.53. The highest BCUT2D eigenvalue weighted by molar-refractivity contribution is 5.47. The molecule has 3 nitrogen and oxygen atoms in total. The van der Waals surface area contributed by atoms with Crippen LogP contribution in [0.1, 0.15) is 20.3 Å². The van der Waals surface area contributed by atoms with Gasteiger partial charge < -0.3 is 4.90 Å². The molecule has 0 bridgehead atoms. The van der Waals surface area contributed by atoms with E-state index in [1.807, 2.05) is 12.1 Å². The van der Waals surface area contributed by atoms with E-state index in [-0.39, 0.29) is 11.4 Å². The van der Waals surface area contributed by atoms with Gasteiger partial charge in [-0.2, -0.15) is 0 Å². The Bertz CT molecular complexity index is 485. The zero-order valence-corrected chi connectivity index (χ0v) is 13.3. The average Bonchev–Trinajstić information content (AvgIpc) is 2.92. The molecule has 2 heterocycles. The van der Waals surface area contributed by atoms with Crippen LogP contribution in [-0.2, 0) is 0 Å². The number of benzene rings is 1. The summed E-state index contributed by atoms with van der Waals surface area (Å²) in [6.45, 7) is 10.2. The fraction of sp³-hybridized carbons (Fsp3) is 0.647. The first kappa shape index (κ1) is 14.8. The predicted octanol–water partition coefficient (Wildman–Crippen LogP) is 2.43. The second-order valence-corrected chi connectivity index (χ2v) is 7.07. The van der Waals surface area contributed by atoms with Crippen LogP contribution in [0.3, 0.4) is 0 Å². The Balaban J connectivity index is 1.63. The van der Waals surface area contributed by atoms with Gasteiger partial charge in [0, 0.05) is 50.0 Å². The molecule has 21 heavy (non-hydrogen) atoms. The van der Waals surface area contributed by atoms with Gasteiger partial charge in [0.25, 0.3) is 0 Å². The number of nitrogens with zero attached hydrogens (tertiary/aromatic N) is 3. The smallest absolute Gasteiger partial charge is 0.123 e. The maximum atomic E-state index is 13.0. The van der Waals surface area contributed by atoms with Crippen molar-refractivity contribution in [2.45, 2.75) is 31.8 Å². The van der Waals surface area contributed by atoms with Crippen LogP contribution in [0.4, 0.5) is 10.1 Å². The van der Waals surface area contributed by atoms with Crippen LogP contribution in [0.2, 0.25) is 0 Å². The molecule has 1 aromatic rings. The van der Waals surface area contributed by atoms with Gasteiger partial charge in [-0.25, -0.2) is 4.39 Å². The molecular formula is C17H26FN3. The van der Waals surface area contributed by atoms with Crippen molar-refractivity contribution in [1.82, 2.24) is 9.80 Å². The second kappa shape index (κ2) is 5.58. The van der Waals surface area contributed by atoms with Crippen LogP contribution >= 0.6 is 0 Å². The van der Waals surface area contributed by atoms with Gasteiger partial charge in [-0.05, 0) is 51.6 Å². The van der Waals surface area contributed by atoms with Crippen LogP contribution in [-0.4, -0.2) is 61.2 Å². The third-order valence-corrected chi connectivity index (χ3v) is 5.22. The van der Waals surface area contributed by atoms with Crippen molar-refractivity contribution in [3.05, 3.63) is 30.1 Å².